The number of hydrogen-bond donors (Lipinski definition) is 0. The van der Waals surface area contributed by atoms with Gasteiger partial charge in [-0.05, 0) is 0 Å². The van der Waals surface area contributed by atoms with Crippen LogP contribution in [0.1, 0.15) is 31.3 Å². The zero-order valence-corrected chi connectivity index (χ0v) is 23.9. The molecule has 0 spiro atoms. The van der Waals surface area contributed by atoms with Crippen LogP contribution in [0.3, 0.4) is 0 Å². The fraction of sp³-hybridized carbons (Fsp3) is 0.188. The zero-order chi connectivity index (χ0) is 25.7. The molecule has 5 nitrogen and oxygen atoms in total. The maximum atomic E-state index is 14.0. The zero-order valence-electron chi connectivity index (χ0n) is 21.1. The molecule has 1 saturated carbocycles. The molecule has 2 bridgehead atoms. The van der Waals surface area contributed by atoms with Crippen LogP contribution in [0.25, 0.3) is 5.69 Å². The summed E-state index contributed by atoms with van der Waals surface area (Å²) in [7, 11) is 0. The Morgan fingerprint density at radius 1 is 0.526 bits per heavy atom. The second-order valence-electron chi connectivity index (χ2n) is 10.4. The van der Waals surface area contributed by atoms with E-state index in [4.69, 9.17) is 0 Å². The van der Waals surface area contributed by atoms with E-state index in [0.29, 0.717) is 5.69 Å². The van der Waals surface area contributed by atoms with Gasteiger partial charge in [-0.25, -0.2) is 0 Å². The van der Waals surface area contributed by atoms with E-state index in [1.807, 2.05) is 39.7 Å². The van der Waals surface area contributed by atoms with Gasteiger partial charge in [0.25, 0.3) is 0 Å². The van der Waals surface area contributed by atoms with Crippen LogP contribution in [-0.4, -0.2) is 32.3 Å². The second kappa shape index (κ2) is 9.31. The fourth-order valence-electron chi connectivity index (χ4n) is 7.33. The normalized spacial score (nSPS) is 20.3. The Morgan fingerprint density at radius 2 is 0.895 bits per heavy atom. The van der Waals surface area contributed by atoms with E-state index in [0.717, 1.165) is 19.3 Å². The topological polar surface area (TPSA) is 48.9 Å². The van der Waals surface area contributed by atoms with Crippen molar-refractivity contribution in [1.29, 1.82) is 0 Å². The van der Waals surface area contributed by atoms with Gasteiger partial charge in [-0.15, -0.1) is 0 Å². The number of nitrogens with zero attached hydrogens (tertiary/aromatic N) is 3. The van der Waals surface area contributed by atoms with Crippen molar-refractivity contribution in [2.75, 3.05) is 0 Å². The number of benzene rings is 4. The van der Waals surface area contributed by atoms with Crippen molar-refractivity contribution < 1.29 is 0 Å². The van der Waals surface area contributed by atoms with Gasteiger partial charge in [-0.3, -0.25) is 0 Å². The second-order valence-corrected chi connectivity index (χ2v) is 21.9. The number of hydrogen-bond acceptors (Lipinski definition) is 2. The van der Waals surface area contributed by atoms with E-state index in [1.54, 1.807) is 0 Å². The van der Waals surface area contributed by atoms with Crippen LogP contribution in [0.4, 0.5) is 0 Å². The van der Waals surface area contributed by atoms with Gasteiger partial charge < -0.3 is 0 Å². The summed E-state index contributed by atoms with van der Waals surface area (Å²) in [5, 5.41) is 0. The molecule has 0 radical (unpaired) electrons. The van der Waals surface area contributed by atoms with Crippen LogP contribution >= 0.6 is 0 Å². The van der Waals surface area contributed by atoms with E-state index in [9.17, 15) is 9.59 Å². The van der Waals surface area contributed by atoms with Crippen molar-refractivity contribution in [3.8, 4) is 5.69 Å². The molecule has 2 aliphatic rings. The van der Waals surface area contributed by atoms with E-state index in [-0.39, 0.29) is 27.4 Å². The number of fused-ring (bicyclic) bond motifs is 5. The van der Waals surface area contributed by atoms with Crippen LogP contribution < -0.4 is 22.1 Å². The van der Waals surface area contributed by atoms with Gasteiger partial charge in [0.15, 0.2) is 0 Å². The summed E-state index contributed by atoms with van der Waals surface area (Å²) in [5.41, 5.74) is 0.209. The molecule has 5 aromatic rings. The Kier molecular flexibility index (Phi) is 5.77. The van der Waals surface area contributed by atoms with Crippen LogP contribution in [0.15, 0.2) is 131 Å². The summed E-state index contributed by atoms with van der Waals surface area (Å²) in [6.07, 6.45) is 2.83. The molecule has 7 rings (SSSR count). The van der Waals surface area contributed by atoms with Crippen LogP contribution in [0, 0.1) is 0 Å². The standard InChI is InChI=1S/C14H14N3O2.3C6H5.Sn/c18-13-15(10-5-2-1-3-6-10)14(19)17-12-8-4-7-11(9-12)16(13)17;3*1-2-4-6-5-3-1;/h1-3,5-6,9,11-12H,4,7-8H2;3*1-5H;. The van der Waals surface area contributed by atoms with E-state index >= 15 is 0 Å². The Morgan fingerprint density at radius 3 is 1.29 bits per heavy atom. The minimum absolute atomic E-state index is 0.0182. The first-order valence-corrected chi connectivity index (χ1v) is 19.3. The molecule has 4 aromatic carbocycles. The average molecular weight is 606 g/mol. The van der Waals surface area contributed by atoms with Gasteiger partial charge in [-0.2, -0.15) is 0 Å². The van der Waals surface area contributed by atoms with E-state index < -0.39 is 18.4 Å². The summed E-state index contributed by atoms with van der Waals surface area (Å²) in [4.78, 5) is 28.1. The van der Waals surface area contributed by atoms with Crippen molar-refractivity contribution in [2.24, 2.45) is 0 Å². The SMILES string of the molecule is O=c1n(-c2ccccc2)c(=O)n2n1C1CCCC2[CH]1[Sn]([c]1ccccc1)([c]1ccccc1)[c]1ccccc1. The summed E-state index contributed by atoms with van der Waals surface area (Å²) in [5.74, 6) is 0. The van der Waals surface area contributed by atoms with Gasteiger partial charge in [0, 0.05) is 0 Å². The summed E-state index contributed by atoms with van der Waals surface area (Å²) in [6, 6.07) is 42.2. The first-order chi connectivity index (χ1) is 18.7. The maximum absolute atomic E-state index is 14.0. The van der Waals surface area contributed by atoms with Crippen molar-refractivity contribution in [3.63, 3.8) is 0 Å². The fourth-order valence-corrected chi connectivity index (χ4v) is 24.7. The van der Waals surface area contributed by atoms with Crippen molar-refractivity contribution in [2.45, 2.75) is 35.3 Å². The number of aromatic nitrogens is 3. The molecule has 38 heavy (non-hydrogen) atoms. The van der Waals surface area contributed by atoms with Crippen molar-refractivity contribution in [3.05, 3.63) is 142 Å². The Bertz CT molecular complexity index is 1550. The van der Waals surface area contributed by atoms with Gasteiger partial charge >= 0.3 is 226 Å². The third-order valence-electron chi connectivity index (χ3n) is 8.67. The van der Waals surface area contributed by atoms with Gasteiger partial charge in [-0.1, -0.05) is 0 Å². The molecule has 1 fully saturated rings. The van der Waals surface area contributed by atoms with Crippen molar-refractivity contribution in [1.82, 2.24) is 13.9 Å². The van der Waals surface area contributed by atoms with Crippen molar-refractivity contribution >= 4 is 29.1 Å². The molecule has 6 heteroatoms. The van der Waals surface area contributed by atoms with Crippen LogP contribution in [-0.2, 0) is 0 Å². The van der Waals surface area contributed by atoms with Crippen LogP contribution in [0.5, 0.6) is 0 Å². The molecule has 188 valence electrons. The third kappa shape index (κ3) is 3.30. The number of rotatable bonds is 5. The molecule has 0 saturated heterocycles. The van der Waals surface area contributed by atoms with Gasteiger partial charge in [0.2, 0.25) is 0 Å². The molecule has 2 atom stereocenters. The average Bonchev–Trinajstić information content (AvgIpc) is 3.35. The first-order valence-electron chi connectivity index (χ1n) is 13.4. The first kappa shape index (κ1) is 23.5. The monoisotopic (exact) mass is 607 g/mol. The molecular weight excluding hydrogens is 577 g/mol. The number of para-hydroxylation sites is 1. The Balaban J connectivity index is 1.53. The summed E-state index contributed by atoms with van der Waals surface area (Å²) in [6.45, 7) is 0. The molecule has 1 aliphatic heterocycles. The third-order valence-corrected chi connectivity index (χ3v) is 24.4. The minimum atomic E-state index is -3.84. The molecular formula is C32H29N3O2Sn. The molecule has 1 aliphatic carbocycles. The Labute approximate surface area is 225 Å². The molecule has 2 unspecified atom stereocenters. The van der Waals surface area contributed by atoms with E-state index in [1.165, 1.54) is 15.3 Å². The molecule has 0 amide bonds. The molecule has 1 aromatic heterocycles. The van der Waals surface area contributed by atoms with Gasteiger partial charge in [0.1, 0.15) is 0 Å². The summed E-state index contributed by atoms with van der Waals surface area (Å²) >= 11 is -3.84. The van der Waals surface area contributed by atoms with E-state index in [2.05, 4.69) is 91.0 Å². The quantitative estimate of drug-likeness (QED) is 0.287. The summed E-state index contributed by atoms with van der Waals surface area (Å²) < 4.78 is 9.44. The van der Waals surface area contributed by atoms with Crippen LogP contribution in [0.2, 0.25) is 3.93 Å². The molecule has 2 heterocycles. The Hall–Kier alpha value is -3.58. The predicted molar refractivity (Wildman–Crippen MR) is 154 cm³/mol. The van der Waals surface area contributed by atoms with Gasteiger partial charge in [0.05, 0.1) is 0 Å². The molecule has 0 N–H and O–H groups in total. The predicted octanol–water partition coefficient (Wildman–Crippen LogP) is 3.62.